The van der Waals surface area contributed by atoms with Crippen molar-refractivity contribution < 1.29 is 22.3 Å². The second kappa shape index (κ2) is 12.4. The van der Waals surface area contributed by atoms with Gasteiger partial charge in [-0.25, -0.2) is 12.8 Å². The molecule has 7 nitrogen and oxygen atoms in total. The topological polar surface area (TPSA) is 78.9 Å². The Kier molecular flexibility index (Phi) is 9.22. The lowest BCUT2D eigenvalue weighted by atomic mass is 9.95. The van der Waals surface area contributed by atoms with Gasteiger partial charge in [-0.05, 0) is 75.2 Å². The first-order valence-electron chi connectivity index (χ1n) is 12.5. The molecule has 0 saturated carbocycles. The highest BCUT2D eigenvalue weighted by atomic mass is 35.5. The summed E-state index contributed by atoms with van der Waals surface area (Å²) in [6, 6.07) is 11.2. The molecule has 2 aliphatic heterocycles. The average molecular weight is 538 g/mol. The van der Waals surface area contributed by atoms with Gasteiger partial charge in [-0.3, -0.25) is 9.69 Å². The number of likely N-dealkylation sites (tertiary alicyclic amines) is 1. The van der Waals surface area contributed by atoms with Gasteiger partial charge < -0.3 is 10.1 Å². The van der Waals surface area contributed by atoms with E-state index in [4.69, 9.17) is 16.3 Å². The molecule has 2 saturated heterocycles. The van der Waals surface area contributed by atoms with Gasteiger partial charge in [0.2, 0.25) is 15.9 Å². The molecule has 0 radical (unpaired) electrons. The third kappa shape index (κ3) is 6.97. The molecule has 2 aromatic carbocycles. The highest BCUT2D eigenvalue weighted by Crippen LogP contribution is 2.23. The standard InChI is InChI=1S/C26H33ClFN3O4S/c27-22-5-4-21(25(28)18-22)19-30-15-10-20(11-16-30)26(32)29-12-17-35-23-6-8-24(9-7-23)36(33,34)31-13-2-1-3-14-31/h4-9,18,20H,1-3,10-17,19H2,(H,29,32). The molecule has 36 heavy (non-hydrogen) atoms. The number of piperidine rings is 2. The number of nitrogens with zero attached hydrogens (tertiary/aromatic N) is 2. The molecule has 0 bridgehead atoms. The number of sulfonamides is 1. The number of hydrogen-bond donors (Lipinski definition) is 1. The molecule has 0 aliphatic carbocycles. The summed E-state index contributed by atoms with van der Waals surface area (Å²) in [5.41, 5.74) is 0.608. The summed E-state index contributed by atoms with van der Waals surface area (Å²) < 4.78 is 46.7. The molecule has 0 unspecified atom stereocenters. The van der Waals surface area contributed by atoms with Gasteiger partial charge in [-0.15, -0.1) is 0 Å². The van der Waals surface area contributed by atoms with Crippen molar-refractivity contribution in [3.05, 3.63) is 58.9 Å². The van der Waals surface area contributed by atoms with Gasteiger partial charge in [0.1, 0.15) is 18.2 Å². The maximum absolute atomic E-state index is 14.0. The maximum Gasteiger partial charge on any atom is 0.243 e. The van der Waals surface area contributed by atoms with Crippen molar-refractivity contribution in [2.45, 2.75) is 43.5 Å². The lowest BCUT2D eigenvalue weighted by molar-refractivity contribution is -0.126. The number of carbonyl (C=O) groups is 1. The zero-order chi connectivity index (χ0) is 25.5. The summed E-state index contributed by atoms with van der Waals surface area (Å²) >= 11 is 5.82. The fourth-order valence-electron chi connectivity index (χ4n) is 4.69. The Morgan fingerprint density at radius 3 is 2.39 bits per heavy atom. The van der Waals surface area contributed by atoms with Crippen LogP contribution in [0, 0.1) is 11.7 Å². The number of rotatable bonds is 9. The van der Waals surface area contributed by atoms with Crippen molar-refractivity contribution in [3.63, 3.8) is 0 Å². The zero-order valence-corrected chi connectivity index (χ0v) is 21.9. The Morgan fingerprint density at radius 2 is 1.72 bits per heavy atom. The minimum absolute atomic E-state index is 0.00102. The fraction of sp³-hybridized carbons (Fsp3) is 0.500. The quantitative estimate of drug-likeness (QED) is 0.488. The van der Waals surface area contributed by atoms with Crippen LogP contribution < -0.4 is 10.1 Å². The summed E-state index contributed by atoms with van der Waals surface area (Å²) in [6.45, 7) is 3.75. The summed E-state index contributed by atoms with van der Waals surface area (Å²) in [5.74, 6) is 0.180. The number of ether oxygens (including phenoxy) is 1. The van der Waals surface area contributed by atoms with E-state index in [2.05, 4.69) is 10.2 Å². The fourth-order valence-corrected chi connectivity index (χ4v) is 6.37. The van der Waals surface area contributed by atoms with Crippen molar-refractivity contribution in [1.29, 1.82) is 0 Å². The van der Waals surface area contributed by atoms with Crippen LogP contribution in [-0.4, -0.2) is 62.9 Å². The van der Waals surface area contributed by atoms with Gasteiger partial charge in [0.25, 0.3) is 0 Å². The Bertz CT molecular complexity index is 1130. The van der Waals surface area contributed by atoms with E-state index in [1.54, 1.807) is 40.7 Å². The molecule has 2 fully saturated rings. The van der Waals surface area contributed by atoms with Gasteiger partial charge in [-0.2, -0.15) is 4.31 Å². The van der Waals surface area contributed by atoms with Crippen molar-refractivity contribution in [2.24, 2.45) is 5.92 Å². The Labute approximate surface area is 217 Å². The van der Waals surface area contributed by atoms with Gasteiger partial charge in [-0.1, -0.05) is 24.1 Å². The van der Waals surface area contributed by atoms with Crippen LogP contribution in [0.25, 0.3) is 0 Å². The smallest absolute Gasteiger partial charge is 0.243 e. The molecule has 1 N–H and O–H groups in total. The van der Waals surface area contributed by atoms with E-state index in [0.717, 1.165) is 45.2 Å². The molecule has 196 valence electrons. The van der Waals surface area contributed by atoms with E-state index in [1.807, 2.05) is 0 Å². The van der Waals surface area contributed by atoms with Crippen molar-refractivity contribution in [2.75, 3.05) is 39.3 Å². The Hall–Kier alpha value is -2.20. The van der Waals surface area contributed by atoms with Crippen molar-refractivity contribution >= 4 is 27.5 Å². The maximum atomic E-state index is 14.0. The first kappa shape index (κ1) is 26.9. The van der Waals surface area contributed by atoms with Crippen molar-refractivity contribution in [3.8, 4) is 5.75 Å². The monoisotopic (exact) mass is 537 g/mol. The second-order valence-corrected chi connectivity index (χ2v) is 11.7. The number of benzene rings is 2. The van der Waals surface area contributed by atoms with Crippen LogP contribution in [0.1, 0.15) is 37.7 Å². The SMILES string of the molecule is O=C(NCCOc1ccc(S(=O)(=O)N2CCCCC2)cc1)C1CCN(Cc2ccc(Cl)cc2F)CC1. The predicted molar refractivity (Wildman–Crippen MR) is 137 cm³/mol. The second-order valence-electron chi connectivity index (χ2n) is 9.36. The van der Waals surface area contributed by atoms with E-state index in [-0.39, 0.29) is 22.5 Å². The van der Waals surface area contributed by atoms with Crippen LogP contribution in [0.4, 0.5) is 4.39 Å². The molecule has 2 aliphatic rings. The average Bonchev–Trinajstić information content (AvgIpc) is 2.89. The van der Waals surface area contributed by atoms with Gasteiger partial charge in [0, 0.05) is 36.1 Å². The molecule has 2 aromatic rings. The van der Waals surface area contributed by atoms with Crippen LogP contribution in [0.2, 0.25) is 5.02 Å². The Morgan fingerprint density at radius 1 is 1.03 bits per heavy atom. The highest BCUT2D eigenvalue weighted by Gasteiger charge is 2.26. The van der Waals surface area contributed by atoms with Crippen LogP contribution in [0.15, 0.2) is 47.4 Å². The van der Waals surface area contributed by atoms with Crippen molar-refractivity contribution in [1.82, 2.24) is 14.5 Å². The van der Waals surface area contributed by atoms with E-state index >= 15 is 0 Å². The molecular formula is C26H33ClFN3O4S. The molecule has 4 rings (SSSR count). The summed E-state index contributed by atoms with van der Waals surface area (Å²) in [7, 11) is -3.46. The third-order valence-electron chi connectivity index (χ3n) is 6.81. The number of halogens is 2. The lowest BCUT2D eigenvalue weighted by Gasteiger charge is -2.31. The number of amides is 1. The van der Waals surface area contributed by atoms with Crippen LogP contribution in [-0.2, 0) is 21.4 Å². The molecular weight excluding hydrogens is 505 g/mol. The van der Waals surface area contributed by atoms with E-state index in [9.17, 15) is 17.6 Å². The highest BCUT2D eigenvalue weighted by molar-refractivity contribution is 7.89. The van der Waals surface area contributed by atoms with Gasteiger partial charge in [0.05, 0.1) is 11.4 Å². The normalized spacial score (nSPS) is 18.2. The first-order valence-corrected chi connectivity index (χ1v) is 14.3. The lowest BCUT2D eigenvalue weighted by Crippen LogP contribution is -2.41. The Balaban J connectivity index is 1.16. The summed E-state index contributed by atoms with van der Waals surface area (Å²) in [6.07, 6.45) is 4.30. The number of carbonyl (C=O) groups excluding carboxylic acids is 1. The van der Waals surface area contributed by atoms with E-state index in [1.165, 1.54) is 6.07 Å². The molecule has 0 atom stereocenters. The number of nitrogens with one attached hydrogen (secondary N) is 1. The van der Waals surface area contributed by atoms with Crippen LogP contribution in [0.5, 0.6) is 5.75 Å². The molecule has 2 heterocycles. The van der Waals surface area contributed by atoms with Crippen LogP contribution in [0.3, 0.4) is 0 Å². The first-order chi connectivity index (χ1) is 17.3. The van der Waals surface area contributed by atoms with E-state index in [0.29, 0.717) is 49.1 Å². The molecule has 1 amide bonds. The van der Waals surface area contributed by atoms with Gasteiger partial charge >= 0.3 is 0 Å². The summed E-state index contributed by atoms with van der Waals surface area (Å²) in [5, 5.41) is 3.30. The number of hydrogen-bond acceptors (Lipinski definition) is 5. The molecule has 10 heteroatoms. The largest absolute Gasteiger partial charge is 0.492 e. The van der Waals surface area contributed by atoms with Crippen LogP contribution >= 0.6 is 11.6 Å². The van der Waals surface area contributed by atoms with Gasteiger partial charge in [0.15, 0.2) is 0 Å². The molecule has 0 spiro atoms. The predicted octanol–water partition coefficient (Wildman–Crippen LogP) is 4.06. The third-order valence-corrected chi connectivity index (χ3v) is 8.96. The van der Waals surface area contributed by atoms with E-state index < -0.39 is 10.0 Å². The minimum Gasteiger partial charge on any atom is -0.492 e. The summed E-state index contributed by atoms with van der Waals surface area (Å²) in [4.78, 5) is 15.0. The zero-order valence-electron chi connectivity index (χ0n) is 20.3. The molecule has 0 aromatic heterocycles. The minimum atomic E-state index is -3.46.